The fourth-order valence-electron chi connectivity index (χ4n) is 1.86. The molecule has 0 radical (unpaired) electrons. The van der Waals surface area contributed by atoms with Crippen molar-refractivity contribution in [3.05, 3.63) is 53.1 Å². The average Bonchev–Trinajstić information content (AvgIpc) is 2.91. The number of rotatable bonds is 2. The number of hydrogen-bond acceptors (Lipinski definition) is 4. The Labute approximate surface area is 123 Å². The predicted octanol–water partition coefficient (Wildman–Crippen LogP) is 2.84. The molecule has 1 aromatic heterocycles. The van der Waals surface area contributed by atoms with E-state index in [0.717, 1.165) is 0 Å². The molecule has 2 N–H and O–H groups in total. The number of nitrogens with zero attached hydrogens (tertiary/aromatic N) is 4. The Morgan fingerprint density at radius 2 is 1.86 bits per heavy atom. The Morgan fingerprint density at radius 1 is 1.05 bits per heavy atom. The largest absolute Gasteiger partial charge is 0.399 e. The van der Waals surface area contributed by atoms with Gasteiger partial charge in [0.1, 0.15) is 11.6 Å². The number of hydrogen-bond donors (Lipinski definition) is 1. The Balaban J connectivity index is 2.14. The Morgan fingerprint density at radius 3 is 2.57 bits per heavy atom. The smallest absolute Gasteiger partial charge is 0.190 e. The van der Waals surface area contributed by atoms with Crippen LogP contribution >= 0.6 is 11.6 Å². The number of nitrogen functional groups attached to an aromatic ring is 1. The van der Waals surface area contributed by atoms with Gasteiger partial charge in [-0.3, -0.25) is 0 Å². The van der Waals surface area contributed by atoms with Gasteiger partial charge >= 0.3 is 0 Å². The zero-order valence-electron chi connectivity index (χ0n) is 10.5. The number of aromatic nitrogens is 4. The van der Waals surface area contributed by atoms with Crippen LogP contribution in [0.15, 0.2) is 36.4 Å². The maximum Gasteiger partial charge on any atom is 0.190 e. The lowest BCUT2D eigenvalue weighted by atomic mass is 10.2. The first-order chi connectivity index (χ1) is 10.1. The number of halogens is 3. The van der Waals surface area contributed by atoms with Gasteiger partial charge in [-0.2, -0.15) is 4.68 Å². The highest BCUT2D eigenvalue weighted by atomic mass is 35.5. The summed E-state index contributed by atoms with van der Waals surface area (Å²) in [6.45, 7) is 0. The molecule has 8 heteroatoms. The van der Waals surface area contributed by atoms with E-state index in [1.54, 1.807) is 0 Å². The molecule has 0 spiro atoms. The van der Waals surface area contributed by atoms with E-state index >= 15 is 0 Å². The average molecular weight is 308 g/mol. The Bertz CT molecular complexity index is 818. The van der Waals surface area contributed by atoms with Gasteiger partial charge in [0.25, 0.3) is 0 Å². The molecule has 21 heavy (non-hydrogen) atoms. The molecule has 0 fully saturated rings. The summed E-state index contributed by atoms with van der Waals surface area (Å²) >= 11 is 5.73. The van der Waals surface area contributed by atoms with Crippen molar-refractivity contribution >= 4 is 17.3 Å². The number of anilines is 1. The lowest BCUT2D eigenvalue weighted by Gasteiger charge is -2.06. The summed E-state index contributed by atoms with van der Waals surface area (Å²) in [4.78, 5) is 0. The van der Waals surface area contributed by atoms with Crippen molar-refractivity contribution in [3.8, 4) is 17.1 Å². The van der Waals surface area contributed by atoms with Gasteiger partial charge in [0.2, 0.25) is 0 Å². The second-order valence-corrected chi connectivity index (χ2v) is 4.66. The fraction of sp³-hybridized carbons (Fsp3) is 0. The summed E-state index contributed by atoms with van der Waals surface area (Å²) < 4.78 is 28.4. The Hall–Kier alpha value is -2.54. The second kappa shape index (κ2) is 5.10. The first-order valence-electron chi connectivity index (χ1n) is 5.85. The van der Waals surface area contributed by atoms with Gasteiger partial charge in [0.05, 0.1) is 16.3 Å². The molecule has 0 aliphatic carbocycles. The maximum atomic E-state index is 14.0. The second-order valence-electron chi connectivity index (χ2n) is 4.25. The minimum Gasteiger partial charge on any atom is -0.399 e. The first-order valence-corrected chi connectivity index (χ1v) is 6.23. The highest BCUT2D eigenvalue weighted by Crippen LogP contribution is 2.25. The van der Waals surface area contributed by atoms with E-state index in [-0.39, 0.29) is 16.4 Å². The van der Waals surface area contributed by atoms with Crippen LogP contribution in [0.5, 0.6) is 0 Å². The zero-order chi connectivity index (χ0) is 15.0. The highest BCUT2D eigenvalue weighted by molar-refractivity contribution is 6.30. The molecular weight excluding hydrogens is 300 g/mol. The monoisotopic (exact) mass is 307 g/mol. The molecule has 1 heterocycles. The van der Waals surface area contributed by atoms with E-state index in [1.807, 2.05) is 0 Å². The summed E-state index contributed by atoms with van der Waals surface area (Å²) in [5.41, 5.74) is 6.39. The SMILES string of the molecule is Nc1ccc(-c2nnnn2-c2ccc(F)c(Cl)c2)c(F)c1. The van der Waals surface area contributed by atoms with Crippen LogP contribution < -0.4 is 5.73 Å². The van der Waals surface area contributed by atoms with Crippen LogP contribution in [0, 0.1) is 11.6 Å². The molecule has 2 aromatic carbocycles. The molecule has 0 aliphatic heterocycles. The normalized spacial score (nSPS) is 10.8. The molecule has 106 valence electrons. The first kappa shape index (κ1) is 13.4. The molecule has 0 bridgehead atoms. The summed E-state index contributed by atoms with van der Waals surface area (Å²) in [5.74, 6) is -0.955. The van der Waals surface area contributed by atoms with Gasteiger partial charge in [0, 0.05) is 5.69 Å². The van der Waals surface area contributed by atoms with Gasteiger partial charge in [-0.25, -0.2) is 8.78 Å². The lowest BCUT2D eigenvalue weighted by Crippen LogP contribution is -2.02. The zero-order valence-corrected chi connectivity index (χ0v) is 11.2. The van der Waals surface area contributed by atoms with Gasteiger partial charge in [0.15, 0.2) is 5.82 Å². The van der Waals surface area contributed by atoms with Crippen molar-refractivity contribution in [2.75, 3.05) is 5.73 Å². The lowest BCUT2D eigenvalue weighted by molar-refractivity contribution is 0.626. The van der Waals surface area contributed by atoms with Crippen LogP contribution in [0.2, 0.25) is 5.02 Å². The summed E-state index contributed by atoms with van der Waals surface area (Å²) in [6, 6.07) is 8.16. The van der Waals surface area contributed by atoms with Crippen molar-refractivity contribution in [2.24, 2.45) is 0 Å². The number of tetrazole rings is 1. The molecule has 0 unspecified atom stereocenters. The van der Waals surface area contributed by atoms with E-state index in [2.05, 4.69) is 15.5 Å². The molecular formula is C13H8ClF2N5. The van der Waals surface area contributed by atoms with Crippen molar-refractivity contribution in [1.82, 2.24) is 20.2 Å². The molecule has 0 amide bonds. The van der Waals surface area contributed by atoms with Crippen LogP contribution in [-0.2, 0) is 0 Å². The molecule has 0 saturated heterocycles. The van der Waals surface area contributed by atoms with Crippen molar-refractivity contribution < 1.29 is 8.78 Å². The quantitative estimate of drug-likeness (QED) is 0.739. The van der Waals surface area contributed by atoms with Gasteiger partial charge in [-0.05, 0) is 46.8 Å². The van der Waals surface area contributed by atoms with Crippen molar-refractivity contribution in [1.29, 1.82) is 0 Å². The molecule has 0 aliphatic rings. The molecule has 3 rings (SSSR count). The van der Waals surface area contributed by atoms with Gasteiger partial charge < -0.3 is 5.73 Å². The molecule has 5 nitrogen and oxygen atoms in total. The molecule has 0 saturated carbocycles. The van der Waals surface area contributed by atoms with Gasteiger partial charge in [-0.1, -0.05) is 11.6 Å². The summed E-state index contributed by atoms with van der Waals surface area (Å²) in [7, 11) is 0. The summed E-state index contributed by atoms with van der Waals surface area (Å²) in [6.07, 6.45) is 0. The van der Waals surface area contributed by atoms with E-state index in [0.29, 0.717) is 11.4 Å². The van der Waals surface area contributed by atoms with Crippen molar-refractivity contribution in [3.63, 3.8) is 0 Å². The van der Waals surface area contributed by atoms with Crippen LogP contribution in [0.3, 0.4) is 0 Å². The number of benzene rings is 2. The van der Waals surface area contributed by atoms with Crippen molar-refractivity contribution in [2.45, 2.75) is 0 Å². The molecule has 3 aromatic rings. The van der Waals surface area contributed by atoms with Crippen LogP contribution in [0.1, 0.15) is 0 Å². The third-order valence-electron chi connectivity index (χ3n) is 2.85. The van der Waals surface area contributed by atoms with E-state index in [9.17, 15) is 8.78 Å². The van der Waals surface area contributed by atoms with E-state index < -0.39 is 11.6 Å². The van der Waals surface area contributed by atoms with Crippen LogP contribution in [-0.4, -0.2) is 20.2 Å². The third-order valence-corrected chi connectivity index (χ3v) is 3.14. The molecule has 0 atom stereocenters. The minimum absolute atomic E-state index is 0.0771. The summed E-state index contributed by atoms with van der Waals surface area (Å²) in [5, 5.41) is 11.0. The Kier molecular flexibility index (Phi) is 3.26. The van der Waals surface area contributed by atoms with E-state index in [4.69, 9.17) is 17.3 Å². The van der Waals surface area contributed by atoms with Gasteiger partial charge in [-0.15, -0.1) is 5.10 Å². The number of nitrogens with two attached hydrogens (primary N) is 1. The van der Waals surface area contributed by atoms with Crippen LogP contribution in [0.4, 0.5) is 14.5 Å². The van der Waals surface area contributed by atoms with Crippen LogP contribution in [0.25, 0.3) is 17.1 Å². The standard InChI is InChI=1S/C13H8ClF2N5/c14-10-6-8(2-4-11(10)15)21-13(18-19-20-21)9-3-1-7(17)5-12(9)16/h1-6H,17H2. The topological polar surface area (TPSA) is 69.6 Å². The maximum absolute atomic E-state index is 14.0. The highest BCUT2D eigenvalue weighted by Gasteiger charge is 2.15. The fourth-order valence-corrected chi connectivity index (χ4v) is 2.03. The predicted molar refractivity (Wildman–Crippen MR) is 73.9 cm³/mol. The van der Waals surface area contributed by atoms with E-state index in [1.165, 1.54) is 41.1 Å². The minimum atomic E-state index is -0.561. The third kappa shape index (κ3) is 2.43.